The van der Waals surface area contributed by atoms with Crippen molar-refractivity contribution in [1.29, 1.82) is 0 Å². The van der Waals surface area contributed by atoms with E-state index in [9.17, 15) is 28.8 Å². The molecule has 66 heavy (non-hydrogen) atoms. The molecule has 3 aromatic carbocycles. The van der Waals surface area contributed by atoms with Crippen LogP contribution in [-0.2, 0) is 48.0 Å². The molecule has 1 fully saturated rings. The molecule has 17 nitrogen and oxygen atoms in total. The van der Waals surface area contributed by atoms with Crippen molar-refractivity contribution in [2.24, 2.45) is 0 Å². The molecule has 6 atom stereocenters. The molecule has 2 aromatic heterocycles. The Hall–Kier alpha value is -6.56. The van der Waals surface area contributed by atoms with E-state index in [1.807, 2.05) is 78.9 Å². The van der Waals surface area contributed by atoms with Crippen molar-refractivity contribution in [3.63, 3.8) is 0 Å². The smallest absolute Gasteiger partial charge is 0.243 e. The number of quaternary nitrogens is 3. The Labute approximate surface area is 384 Å². The summed E-state index contributed by atoms with van der Waals surface area (Å²) in [6, 6.07) is 17.6. The minimum atomic E-state index is -1.21. The first-order chi connectivity index (χ1) is 32.1. The van der Waals surface area contributed by atoms with Crippen LogP contribution in [0, 0.1) is 0 Å². The van der Waals surface area contributed by atoms with E-state index in [4.69, 9.17) is 0 Å². The molecule has 352 valence electrons. The Kier molecular flexibility index (Phi) is 18.3. The molecule has 3 heterocycles. The predicted octanol–water partition coefficient (Wildman–Crippen LogP) is -0.164. The molecule has 0 bridgehead atoms. The van der Waals surface area contributed by atoms with Crippen molar-refractivity contribution in [2.75, 3.05) is 19.6 Å². The number of hydrogen-bond acceptors (Lipinski definition) is 6. The van der Waals surface area contributed by atoms with E-state index in [2.05, 4.69) is 59.1 Å². The average Bonchev–Trinajstić information content (AvgIpc) is 3.93. The number of aromatic amines is 2. The number of benzene rings is 3. The van der Waals surface area contributed by atoms with Gasteiger partial charge in [-0.25, -0.2) is 0 Å². The van der Waals surface area contributed by atoms with Crippen LogP contribution < -0.4 is 49.1 Å². The fourth-order valence-corrected chi connectivity index (χ4v) is 8.53. The summed E-state index contributed by atoms with van der Waals surface area (Å²) in [4.78, 5) is 94.0. The standard InChI is InChI=1S/C49H65N11O6/c50-23-11-8-20-38-44(61)55-39(21-9-12-24-51)46(63)59-43(28-33-30-54-37-19-7-5-17-35(33)37)49(66)60-42(27-32-29-53-36-18-6-4-16-34(32)36)48(65)57-40(22-10-13-25-52)45(62)58-41(47(64)56-38)26-31-14-2-1-3-15-31/h1-7,14-19,29-30,38-43,53-54H,8-13,20-28,50-52H2,(H,55,61)(H,56,64)(H,57,65)(H,58,62)(H,59,63)(H,60,66)/p+3/t38-,39-,40-,41-,42-,43-/m0/s1. The summed E-state index contributed by atoms with van der Waals surface area (Å²) in [5, 5.41) is 19.3. The number of rotatable bonds is 18. The molecule has 6 amide bonds. The molecular weight excluding hydrogens is 839 g/mol. The number of unbranched alkanes of at least 4 members (excludes halogenated alkanes) is 3. The number of nitrogens with one attached hydrogen (secondary N) is 8. The van der Waals surface area contributed by atoms with Gasteiger partial charge in [-0.05, 0) is 86.6 Å². The van der Waals surface area contributed by atoms with Gasteiger partial charge >= 0.3 is 0 Å². The zero-order valence-electron chi connectivity index (χ0n) is 37.8. The highest BCUT2D eigenvalue weighted by atomic mass is 16.2. The minimum absolute atomic E-state index is 0.0425. The second-order valence-corrected chi connectivity index (χ2v) is 17.2. The van der Waals surface area contributed by atoms with Crippen LogP contribution in [0.1, 0.15) is 74.5 Å². The maximum absolute atomic E-state index is 14.8. The van der Waals surface area contributed by atoms with Crippen LogP contribution in [0.15, 0.2) is 91.3 Å². The molecule has 1 aliphatic heterocycles. The molecule has 0 unspecified atom stereocenters. The zero-order valence-corrected chi connectivity index (χ0v) is 37.8. The zero-order chi connectivity index (χ0) is 46.8. The summed E-state index contributed by atoms with van der Waals surface area (Å²) >= 11 is 0. The van der Waals surface area contributed by atoms with Crippen LogP contribution in [0.4, 0.5) is 0 Å². The van der Waals surface area contributed by atoms with Crippen LogP contribution >= 0.6 is 0 Å². The Morgan fingerprint density at radius 1 is 0.364 bits per heavy atom. The van der Waals surface area contributed by atoms with Gasteiger partial charge in [-0.2, -0.15) is 0 Å². The predicted molar refractivity (Wildman–Crippen MR) is 251 cm³/mol. The quantitative estimate of drug-likeness (QED) is 0.0531. The monoisotopic (exact) mass is 907 g/mol. The number of H-pyrrole nitrogens is 2. The van der Waals surface area contributed by atoms with Gasteiger partial charge in [0.25, 0.3) is 0 Å². The molecule has 1 saturated heterocycles. The third kappa shape index (κ3) is 13.5. The maximum Gasteiger partial charge on any atom is 0.243 e. The summed E-state index contributed by atoms with van der Waals surface area (Å²) in [6.45, 7) is 1.84. The highest BCUT2D eigenvalue weighted by Gasteiger charge is 2.36. The molecular formula is C49H68N11O6+3. The van der Waals surface area contributed by atoms with E-state index in [-0.39, 0.29) is 38.5 Å². The van der Waals surface area contributed by atoms with E-state index in [1.165, 1.54) is 0 Å². The Morgan fingerprint density at radius 3 is 1.06 bits per heavy atom. The van der Waals surface area contributed by atoms with Gasteiger partial charge < -0.3 is 59.1 Å². The van der Waals surface area contributed by atoms with Crippen LogP contribution in [0.25, 0.3) is 21.8 Å². The summed E-state index contributed by atoms with van der Waals surface area (Å²) in [5.74, 6) is -3.58. The molecule has 0 radical (unpaired) electrons. The SMILES string of the molecule is [NH3+]CCCC[C@@H]1NC(=O)[C@H](CCCC[NH3+])NC(=O)[C@H](Cc2ccccc2)NC(=O)[C@H](CCCC[NH3+])NC(=O)[C@H](Cc2c[nH]c3ccccc23)NC(=O)[C@H](Cc2c[nH]c3ccccc23)NC1=O. The highest BCUT2D eigenvalue weighted by Crippen LogP contribution is 2.22. The third-order valence-corrected chi connectivity index (χ3v) is 12.3. The lowest BCUT2D eigenvalue weighted by molar-refractivity contribution is -0.369. The lowest BCUT2D eigenvalue weighted by Crippen LogP contribution is -2.62. The van der Waals surface area contributed by atoms with Gasteiger partial charge in [0, 0.05) is 53.5 Å². The highest BCUT2D eigenvalue weighted by molar-refractivity contribution is 5.99. The number of carbonyl (C=O) groups is 6. The second kappa shape index (κ2) is 24.7. The molecule has 6 rings (SSSR count). The summed E-state index contributed by atoms with van der Waals surface area (Å²) in [5.41, 5.74) is 15.8. The van der Waals surface area contributed by atoms with E-state index >= 15 is 0 Å². The normalized spacial score (nSPS) is 21.6. The molecule has 1 aliphatic rings. The van der Waals surface area contributed by atoms with Gasteiger partial charge in [-0.3, -0.25) is 28.8 Å². The van der Waals surface area contributed by atoms with Crippen LogP contribution in [0.2, 0.25) is 0 Å². The summed E-state index contributed by atoms with van der Waals surface area (Å²) < 4.78 is 0. The Balaban J connectivity index is 1.42. The Bertz CT molecular complexity index is 2400. The van der Waals surface area contributed by atoms with E-state index in [0.717, 1.165) is 38.5 Å². The van der Waals surface area contributed by atoms with Gasteiger partial charge in [0.1, 0.15) is 36.3 Å². The van der Waals surface area contributed by atoms with Crippen molar-refractivity contribution >= 4 is 57.2 Å². The fraction of sp³-hybridized carbons (Fsp3) is 0.429. The first kappa shape index (κ1) is 48.9. The lowest BCUT2D eigenvalue weighted by atomic mass is 9.99. The van der Waals surface area contributed by atoms with Gasteiger partial charge in [-0.1, -0.05) is 66.7 Å². The number of hydrogen-bond donors (Lipinski definition) is 11. The summed E-state index contributed by atoms with van der Waals surface area (Å²) in [7, 11) is 0. The number of fused-ring (bicyclic) bond motifs is 2. The maximum atomic E-state index is 14.8. The lowest BCUT2D eigenvalue weighted by Gasteiger charge is -2.29. The van der Waals surface area contributed by atoms with E-state index in [0.29, 0.717) is 58.2 Å². The van der Waals surface area contributed by atoms with Crippen molar-refractivity contribution < 1.29 is 46.0 Å². The average molecular weight is 907 g/mol. The number of amides is 6. The number of aromatic nitrogens is 2. The molecule has 5 aromatic rings. The van der Waals surface area contributed by atoms with Gasteiger partial charge in [0.2, 0.25) is 35.4 Å². The van der Waals surface area contributed by atoms with Crippen LogP contribution in [-0.4, -0.2) is 101 Å². The van der Waals surface area contributed by atoms with Gasteiger partial charge in [0.15, 0.2) is 0 Å². The first-order valence-electron chi connectivity index (χ1n) is 23.4. The molecule has 17 N–H and O–H groups in total. The third-order valence-electron chi connectivity index (χ3n) is 12.3. The molecule has 17 heteroatoms. The van der Waals surface area contributed by atoms with E-state index in [1.54, 1.807) is 12.4 Å². The van der Waals surface area contributed by atoms with Gasteiger partial charge in [0.05, 0.1) is 19.6 Å². The van der Waals surface area contributed by atoms with Crippen LogP contribution in [0.5, 0.6) is 0 Å². The van der Waals surface area contributed by atoms with Gasteiger partial charge in [-0.15, -0.1) is 0 Å². The number of para-hydroxylation sites is 2. The van der Waals surface area contributed by atoms with Crippen molar-refractivity contribution in [3.8, 4) is 0 Å². The first-order valence-corrected chi connectivity index (χ1v) is 23.4. The summed E-state index contributed by atoms with van der Waals surface area (Å²) in [6.07, 6.45) is 8.19. The largest absolute Gasteiger partial charge is 0.361 e. The fourth-order valence-electron chi connectivity index (χ4n) is 8.53. The second-order valence-electron chi connectivity index (χ2n) is 17.2. The molecule has 0 saturated carbocycles. The van der Waals surface area contributed by atoms with Crippen LogP contribution in [0.3, 0.4) is 0 Å². The van der Waals surface area contributed by atoms with Crippen molar-refractivity contribution in [1.82, 2.24) is 41.9 Å². The Morgan fingerprint density at radius 2 is 0.682 bits per heavy atom. The van der Waals surface area contributed by atoms with E-state index < -0.39 is 71.7 Å². The molecule has 0 spiro atoms. The van der Waals surface area contributed by atoms with Crippen molar-refractivity contribution in [3.05, 3.63) is 108 Å². The number of carbonyl (C=O) groups excluding carboxylic acids is 6. The van der Waals surface area contributed by atoms with Crippen molar-refractivity contribution in [2.45, 2.75) is 113 Å². The topological polar surface area (TPSA) is 289 Å². The minimum Gasteiger partial charge on any atom is -0.361 e. The molecule has 0 aliphatic carbocycles.